The lowest BCUT2D eigenvalue weighted by atomic mass is 10.2. The van der Waals surface area contributed by atoms with E-state index in [1.807, 2.05) is 60.7 Å². The van der Waals surface area contributed by atoms with Gasteiger partial charge in [0, 0.05) is 36.5 Å². The zero-order chi connectivity index (χ0) is 20.6. The van der Waals surface area contributed by atoms with Crippen LogP contribution in [0.4, 0.5) is 11.4 Å². The predicted octanol–water partition coefficient (Wildman–Crippen LogP) is 5.13. The smallest absolute Gasteiger partial charge is 0.274 e. The molecule has 2 heterocycles. The Kier molecular flexibility index (Phi) is 5.96. The summed E-state index contributed by atoms with van der Waals surface area (Å²) in [4.78, 5) is 20.8. The fourth-order valence-electron chi connectivity index (χ4n) is 2.80. The number of pyridine rings is 2. The second-order valence-electron chi connectivity index (χ2n) is 6.53. The number of carbonyl (C=O) groups is 1. The average Bonchev–Trinajstić information content (AvgIpc) is 2.80. The molecule has 0 aliphatic rings. The van der Waals surface area contributed by atoms with Crippen LogP contribution in [0.2, 0.25) is 0 Å². The third kappa shape index (κ3) is 5.20. The Morgan fingerprint density at radius 3 is 2.30 bits per heavy atom. The number of ether oxygens (including phenoxy) is 1. The normalized spacial score (nSPS) is 10.3. The minimum atomic E-state index is -0.278. The summed E-state index contributed by atoms with van der Waals surface area (Å²) in [5, 5.41) is 6.14. The highest BCUT2D eigenvalue weighted by atomic mass is 16.5. The second-order valence-corrected chi connectivity index (χ2v) is 6.53. The van der Waals surface area contributed by atoms with Crippen molar-refractivity contribution in [3.8, 4) is 11.5 Å². The van der Waals surface area contributed by atoms with Gasteiger partial charge in [-0.3, -0.25) is 14.8 Å². The first-order valence-electron chi connectivity index (χ1n) is 9.49. The minimum absolute atomic E-state index is 0.278. The van der Waals surface area contributed by atoms with E-state index in [-0.39, 0.29) is 5.91 Å². The largest absolute Gasteiger partial charge is 0.457 e. The number of hydrogen-bond donors (Lipinski definition) is 2. The Balaban J connectivity index is 1.36. The number of nitrogens with zero attached hydrogens (tertiary/aromatic N) is 2. The standard InChI is InChI=1S/C24H20N4O2/c29-24(23-16-20(12-15-26-23)27-17-18-10-13-25-14-11-18)28-19-6-8-22(9-7-19)30-21-4-2-1-3-5-21/h1-16H,17H2,(H,26,27)(H,28,29). The van der Waals surface area contributed by atoms with Gasteiger partial charge in [0.15, 0.2) is 0 Å². The maximum atomic E-state index is 12.6. The van der Waals surface area contributed by atoms with E-state index in [1.165, 1.54) is 0 Å². The Hall–Kier alpha value is -4.19. The molecular weight excluding hydrogens is 376 g/mol. The topological polar surface area (TPSA) is 76.1 Å². The predicted molar refractivity (Wildman–Crippen MR) is 117 cm³/mol. The molecule has 6 nitrogen and oxygen atoms in total. The van der Waals surface area contributed by atoms with Gasteiger partial charge >= 0.3 is 0 Å². The lowest BCUT2D eigenvalue weighted by Gasteiger charge is -2.09. The number of para-hydroxylation sites is 1. The van der Waals surface area contributed by atoms with Gasteiger partial charge in [-0.05, 0) is 66.2 Å². The van der Waals surface area contributed by atoms with Gasteiger partial charge in [-0.15, -0.1) is 0 Å². The molecule has 0 radical (unpaired) electrons. The van der Waals surface area contributed by atoms with E-state index < -0.39 is 0 Å². The van der Waals surface area contributed by atoms with Crippen molar-refractivity contribution in [2.45, 2.75) is 6.54 Å². The Labute approximate surface area is 174 Å². The zero-order valence-electron chi connectivity index (χ0n) is 16.2. The van der Waals surface area contributed by atoms with Crippen molar-refractivity contribution in [3.05, 3.63) is 109 Å². The van der Waals surface area contributed by atoms with Gasteiger partial charge < -0.3 is 15.4 Å². The van der Waals surface area contributed by atoms with E-state index in [0.29, 0.717) is 23.7 Å². The molecular formula is C24H20N4O2. The fourth-order valence-corrected chi connectivity index (χ4v) is 2.80. The molecule has 6 heteroatoms. The second kappa shape index (κ2) is 9.34. The molecule has 4 rings (SSSR count). The van der Waals surface area contributed by atoms with Crippen LogP contribution in [0, 0.1) is 0 Å². The molecule has 0 unspecified atom stereocenters. The van der Waals surface area contributed by atoms with Crippen LogP contribution in [0.3, 0.4) is 0 Å². The zero-order valence-corrected chi connectivity index (χ0v) is 16.2. The molecule has 0 aliphatic heterocycles. The van der Waals surface area contributed by atoms with E-state index in [0.717, 1.165) is 17.0 Å². The Morgan fingerprint density at radius 2 is 1.53 bits per heavy atom. The number of benzene rings is 2. The lowest BCUT2D eigenvalue weighted by molar-refractivity contribution is 0.102. The highest BCUT2D eigenvalue weighted by Crippen LogP contribution is 2.23. The molecule has 2 aromatic heterocycles. The van der Waals surface area contributed by atoms with E-state index >= 15 is 0 Å². The quantitative estimate of drug-likeness (QED) is 0.453. The molecule has 0 spiro atoms. The van der Waals surface area contributed by atoms with Crippen LogP contribution in [0.15, 0.2) is 97.5 Å². The first kappa shape index (κ1) is 19.1. The SMILES string of the molecule is O=C(Nc1ccc(Oc2ccccc2)cc1)c1cc(NCc2ccncc2)ccn1. The maximum absolute atomic E-state index is 12.6. The van der Waals surface area contributed by atoms with Gasteiger partial charge in [-0.1, -0.05) is 18.2 Å². The lowest BCUT2D eigenvalue weighted by Crippen LogP contribution is -2.14. The molecule has 0 atom stereocenters. The summed E-state index contributed by atoms with van der Waals surface area (Å²) >= 11 is 0. The summed E-state index contributed by atoms with van der Waals surface area (Å²) in [7, 11) is 0. The van der Waals surface area contributed by atoms with Gasteiger partial charge in [0.05, 0.1) is 0 Å². The number of nitrogens with one attached hydrogen (secondary N) is 2. The van der Waals surface area contributed by atoms with Crippen molar-refractivity contribution >= 4 is 17.3 Å². The first-order chi connectivity index (χ1) is 14.8. The maximum Gasteiger partial charge on any atom is 0.274 e. The summed E-state index contributed by atoms with van der Waals surface area (Å²) in [6.45, 7) is 0.635. The van der Waals surface area contributed by atoms with Crippen molar-refractivity contribution < 1.29 is 9.53 Å². The van der Waals surface area contributed by atoms with Crippen LogP contribution in [0.1, 0.15) is 16.1 Å². The summed E-state index contributed by atoms with van der Waals surface area (Å²) in [6, 6.07) is 24.2. The van der Waals surface area contributed by atoms with Crippen LogP contribution < -0.4 is 15.4 Å². The third-order valence-electron chi connectivity index (χ3n) is 4.33. The molecule has 0 aliphatic carbocycles. The number of aromatic nitrogens is 2. The van der Waals surface area contributed by atoms with Gasteiger partial charge in [0.1, 0.15) is 17.2 Å². The Morgan fingerprint density at radius 1 is 0.800 bits per heavy atom. The van der Waals surface area contributed by atoms with Crippen LogP contribution in [-0.2, 0) is 6.54 Å². The molecule has 2 aromatic carbocycles. The van der Waals surface area contributed by atoms with Crippen molar-refractivity contribution in [1.82, 2.24) is 9.97 Å². The van der Waals surface area contributed by atoms with Crippen molar-refractivity contribution in [2.24, 2.45) is 0 Å². The molecule has 4 aromatic rings. The first-order valence-corrected chi connectivity index (χ1v) is 9.49. The van der Waals surface area contributed by atoms with Crippen LogP contribution in [0.5, 0.6) is 11.5 Å². The highest BCUT2D eigenvalue weighted by molar-refractivity contribution is 6.03. The summed E-state index contributed by atoms with van der Waals surface area (Å²) in [5.41, 5.74) is 2.92. The number of carbonyl (C=O) groups excluding carboxylic acids is 1. The van der Waals surface area contributed by atoms with Crippen molar-refractivity contribution in [2.75, 3.05) is 10.6 Å². The van der Waals surface area contributed by atoms with Gasteiger partial charge in [0.2, 0.25) is 0 Å². The van der Waals surface area contributed by atoms with Crippen LogP contribution >= 0.6 is 0 Å². The molecule has 0 saturated heterocycles. The molecule has 148 valence electrons. The van der Waals surface area contributed by atoms with E-state index in [2.05, 4.69) is 20.6 Å². The van der Waals surface area contributed by atoms with Crippen molar-refractivity contribution in [3.63, 3.8) is 0 Å². The molecule has 0 bridgehead atoms. The van der Waals surface area contributed by atoms with E-state index in [1.54, 1.807) is 36.8 Å². The monoisotopic (exact) mass is 396 g/mol. The molecule has 2 N–H and O–H groups in total. The molecule has 0 fully saturated rings. The van der Waals surface area contributed by atoms with Crippen LogP contribution in [0.25, 0.3) is 0 Å². The Bertz CT molecular complexity index is 1100. The van der Waals surface area contributed by atoms with Gasteiger partial charge in [-0.2, -0.15) is 0 Å². The van der Waals surface area contributed by atoms with Gasteiger partial charge in [0.25, 0.3) is 5.91 Å². The average molecular weight is 396 g/mol. The van der Waals surface area contributed by atoms with E-state index in [4.69, 9.17) is 4.74 Å². The number of anilines is 2. The van der Waals surface area contributed by atoms with Crippen molar-refractivity contribution in [1.29, 1.82) is 0 Å². The van der Waals surface area contributed by atoms with E-state index in [9.17, 15) is 4.79 Å². The fraction of sp³-hybridized carbons (Fsp3) is 0.0417. The number of hydrogen-bond acceptors (Lipinski definition) is 5. The molecule has 30 heavy (non-hydrogen) atoms. The summed E-state index contributed by atoms with van der Waals surface area (Å²) in [6.07, 6.45) is 5.11. The summed E-state index contributed by atoms with van der Waals surface area (Å²) < 4.78 is 5.76. The highest BCUT2D eigenvalue weighted by Gasteiger charge is 2.09. The molecule has 1 amide bonds. The van der Waals surface area contributed by atoms with Gasteiger partial charge in [-0.25, -0.2) is 0 Å². The molecule has 0 saturated carbocycles. The number of amides is 1. The summed E-state index contributed by atoms with van der Waals surface area (Å²) in [5.74, 6) is 1.17. The van der Waals surface area contributed by atoms with Crippen LogP contribution in [-0.4, -0.2) is 15.9 Å². The number of rotatable bonds is 7. The minimum Gasteiger partial charge on any atom is -0.457 e. The third-order valence-corrected chi connectivity index (χ3v) is 4.33.